The molecule has 4 nitrogen and oxygen atoms in total. The fourth-order valence-electron chi connectivity index (χ4n) is 3.33. The van der Waals surface area contributed by atoms with E-state index in [1.54, 1.807) is 6.07 Å². The molecule has 1 aliphatic heterocycles. The topological polar surface area (TPSA) is 36.8 Å². The van der Waals surface area contributed by atoms with Crippen LogP contribution in [-0.4, -0.2) is 38.6 Å². The van der Waals surface area contributed by atoms with Crippen molar-refractivity contribution in [3.8, 4) is 0 Å². The molecule has 2 aromatic carbocycles. The summed E-state index contributed by atoms with van der Waals surface area (Å²) in [4.78, 5) is 15.8. The predicted molar refractivity (Wildman–Crippen MR) is 104 cm³/mol. The summed E-state index contributed by atoms with van der Waals surface area (Å²) in [5.74, 6) is -0.693. The quantitative estimate of drug-likeness (QED) is 0.860. The van der Waals surface area contributed by atoms with Crippen molar-refractivity contribution in [2.24, 2.45) is 0 Å². The van der Waals surface area contributed by atoms with Crippen LogP contribution in [-0.2, 0) is 4.79 Å². The van der Waals surface area contributed by atoms with E-state index >= 15 is 0 Å². The van der Waals surface area contributed by atoms with Crippen LogP contribution in [0.2, 0.25) is 5.02 Å². The van der Waals surface area contributed by atoms with E-state index in [1.807, 2.05) is 0 Å². The average Bonchev–Trinajstić information content (AvgIpc) is 2.61. The third-order valence-corrected chi connectivity index (χ3v) is 5.24. The lowest BCUT2D eigenvalue weighted by Gasteiger charge is -2.34. The van der Waals surface area contributed by atoms with Gasteiger partial charge in [0.25, 0.3) is 5.91 Å². The lowest BCUT2D eigenvalue weighted by Crippen LogP contribution is -3.15. The summed E-state index contributed by atoms with van der Waals surface area (Å²) >= 11 is 5.73. The van der Waals surface area contributed by atoms with Crippen molar-refractivity contribution in [3.63, 3.8) is 0 Å². The Morgan fingerprint density at radius 1 is 1.23 bits per heavy atom. The fourth-order valence-corrected chi connectivity index (χ4v) is 3.49. The Bertz CT molecular complexity index is 804. The van der Waals surface area contributed by atoms with Gasteiger partial charge in [-0.25, -0.2) is 4.39 Å². The van der Waals surface area contributed by atoms with Gasteiger partial charge >= 0.3 is 0 Å². The highest BCUT2D eigenvalue weighted by Crippen LogP contribution is 2.22. The number of amides is 1. The average molecular weight is 377 g/mol. The Kier molecular flexibility index (Phi) is 5.79. The molecular formula is C20H24ClFN3O+. The first-order valence-corrected chi connectivity index (χ1v) is 9.21. The summed E-state index contributed by atoms with van der Waals surface area (Å²) in [7, 11) is 0. The molecule has 2 N–H and O–H groups in total. The third-order valence-electron chi connectivity index (χ3n) is 5.00. The van der Waals surface area contributed by atoms with Crippen molar-refractivity contribution < 1.29 is 14.1 Å². The highest BCUT2D eigenvalue weighted by molar-refractivity contribution is 6.30. The van der Waals surface area contributed by atoms with Crippen molar-refractivity contribution >= 4 is 28.9 Å². The van der Waals surface area contributed by atoms with Crippen LogP contribution in [0, 0.1) is 19.7 Å². The second-order valence-electron chi connectivity index (χ2n) is 6.81. The molecule has 0 saturated carbocycles. The van der Waals surface area contributed by atoms with E-state index < -0.39 is 5.82 Å². The largest absolute Gasteiger partial charge is 0.360 e. The lowest BCUT2D eigenvalue weighted by molar-refractivity contribution is -0.892. The Morgan fingerprint density at radius 2 is 1.96 bits per heavy atom. The molecule has 0 atom stereocenters. The molecule has 1 saturated heterocycles. The summed E-state index contributed by atoms with van der Waals surface area (Å²) in [5.41, 5.74) is 4.05. The van der Waals surface area contributed by atoms with Crippen LogP contribution in [0.5, 0.6) is 0 Å². The fraction of sp³-hybridized carbons (Fsp3) is 0.350. The molecule has 1 fully saturated rings. The number of hydrogen-bond acceptors (Lipinski definition) is 2. The van der Waals surface area contributed by atoms with Crippen molar-refractivity contribution in [2.45, 2.75) is 13.8 Å². The summed E-state index contributed by atoms with van der Waals surface area (Å²) in [6, 6.07) is 10.6. The molecular weight excluding hydrogens is 353 g/mol. The number of nitrogens with zero attached hydrogens (tertiary/aromatic N) is 1. The highest BCUT2D eigenvalue weighted by Gasteiger charge is 2.23. The van der Waals surface area contributed by atoms with E-state index in [2.05, 4.69) is 42.3 Å². The van der Waals surface area contributed by atoms with Crippen LogP contribution < -0.4 is 15.1 Å². The number of hydrogen-bond donors (Lipinski definition) is 2. The number of quaternary nitrogens is 1. The molecule has 0 aromatic heterocycles. The summed E-state index contributed by atoms with van der Waals surface area (Å²) < 4.78 is 13.8. The standard InChI is InChI=1S/C20H23ClFN3O/c1-14-4-3-5-19(15(14)2)25-10-8-24(9-11-25)13-20(26)23-18-7-6-16(21)12-17(18)22/h3-7,12H,8-11,13H2,1-2H3,(H,23,26)/p+1. The van der Waals surface area contributed by atoms with Gasteiger partial charge in [-0.2, -0.15) is 0 Å². The normalized spacial score (nSPS) is 15.2. The predicted octanol–water partition coefficient (Wildman–Crippen LogP) is 2.44. The molecule has 0 bridgehead atoms. The number of aryl methyl sites for hydroxylation is 1. The van der Waals surface area contributed by atoms with Gasteiger partial charge in [0.15, 0.2) is 6.54 Å². The number of carbonyl (C=O) groups excluding carboxylic acids is 1. The van der Waals surface area contributed by atoms with Gasteiger partial charge in [0.2, 0.25) is 0 Å². The molecule has 26 heavy (non-hydrogen) atoms. The first-order chi connectivity index (χ1) is 12.4. The minimum Gasteiger partial charge on any atom is -0.360 e. The van der Waals surface area contributed by atoms with Crippen molar-refractivity contribution in [1.29, 1.82) is 0 Å². The molecule has 0 radical (unpaired) electrons. The zero-order chi connectivity index (χ0) is 18.7. The second-order valence-corrected chi connectivity index (χ2v) is 7.24. The highest BCUT2D eigenvalue weighted by atomic mass is 35.5. The molecule has 2 aromatic rings. The van der Waals surface area contributed by atoms with E-state index in [1.165, 1.54) is 33.8 Å². The maximum Gasteiger partial charge on any atom is 0.279 e. The van der Waals surface area contributed by atoms with Gasteiger partial charge in [0.1, 0.15) is 5.82 Å². The minimum absolute atomic E-state index is 0.174. The minimum atomic E-state index is -0.513. The monoisotopic (exact) mass is 376 g/mol. The molecule has 0 aliphatic carbocycles. The van der Waals surface area contributed by atoms with E-state index in [4.69, 9.17) is 11.6 Å². The van der Waals surface area contributed by atoms with Gasteiger partial charge in [-0.15, -0.1) is 0 Å². The number of carbonyl (C=O) groups is 1. The Labute approximate surface area is 158 Å². The summed E-state index contributed by atoms with van der Waals surface area (Å²) in [5, 5.41) is 2.95. The Morgan fingerprint density at radius 3 is 2.65 bits per heavy atom. The maximum absolute atomic E-state index is 13.8. The van der Waals surface area contributed by atoms with Crippen LogP contribution in [0.1, 0.15) is 11.1 Å². The van der Waals surface area contributed by atoms with Crippen LogP contribution in [0.25, 0.3) is 0 Å². The van der Waals surface area contributed by atoms with E-state index in [0.29, 0.717) is 11.6 Å². The van der Waals surface area contributed by atoms with Gasteiger partial charge < -0.3 is 15.1 Å². The molecule has 0 unspecified atom stereocenters. The zero-order valence-corrected chi connectivity index (χ0v) is 15.9. The summed E-state index contributed by atoms with van der Waals surface area (Å²) in [6.07, 6.45) is 0. The number of rotatable bonds is 4. The number of nitrogens with one attached hydrogen (secondary N) is 2. The third kappa shape index (κ3) is 4.34. The number of anilines is 2. The Balaban J connectivity index is 1.53. The van der Waals surface area contributed by atoms with Gasteiger partial charge in [-0.05, 0) is 49.2 Å². The molecule has 1 amide bonds. The van der Waals surface area contributed by atoms with Crippen LogP contribution in [0.3, 0.4) is 0 Å². The van der Waals surface area contributed by atoms with Crippen molar-refractivity contribution in [3.05, 3.63) is 58.4 Å². The van der Waals surface area contributed by atoms with Crippen LogP contribution >= 0.6 is 11.6 Å². The van der Waals surface area contributed by atoms with Crippen LogP contribution in [0.4, 0.5) is 15.8 Å². The molecule has 138 valence electrons. The van der Waals surface area contributed by atoms with Gasteiger partial charge in [-0.3, -0.25) is 4.79 Å². The second kappa shape index (κ2) is 8.06. The smallest absolute Gasteiger partial charge is 0.279 e. The molecule has 3 rings (SSSR count). The van der Waals surface area contributed by atoms with Crippen LogP contribution in [0.15, 0.2) is 36.4 Å². The first-order valence-electron chi connectivity index (χ1n) is 8.83. The lowest BCUT2D eigenvalue weighted by atomic mass is 10.1. The number of halogens is 2. The van der Waals surface area contributed by atoms with E-state index in [0.717, 1.165) is 26.2 Å². The number of piperazine rings is 1. The Hall–Kier alpha value is -2.11. The maximum atomic E-state index is 13.8. The SMILES string of the molecule is Cc1cccc(N2CC[NH+](CC(=O)Nc3ccc(Cl)cc3F)CC2)c1C. The van der Waals surface area contributed by atoms with E-state index in [9.17, 15) is 9.18 Å². The van der Waals surface area contributed by atoms with E-state index in [-0.39, 0.29) is 11.6 Å². The van der Waals surface area contributed by atoms with Crippen molar-refractivity contribution in [1.82, 2.24) is 0 Å². The molecule has 6 heteroatoms. The first kappa shape index (κ1) is 18.7. The zero-order valence-electron chi connectivity index (χ0n) is 15.1. The number of benzene rings is 2. The summed E-state index contributed by atoms with van der Waals surface area (Å²) in [6.45, 7) is 8.18. The van der Waals surface area contributed by atoms with Gasteiger partial charge in [0.05, 0.1) is 31.9 Å². The molecule has 1 heterocycles. The van der Waals surface area contributed by atoms with Gasteiger partial charge in [0, 0.05) is 10.7 Å². The molecule has 0 spiro atoms. The molecule has 1 aliphatic rings. The van der Waals surface area contributed by atoms with Crippen molar-refractivity contribution in [2.75, 3.05) is 42.9 Å². The van der Waals surface area contributed by atoms with Gasteiger partial charge in [-0.1, -0.05) is 23.7 Å².